The van der Waals surface area contributed by atoms with E-state index >= 15 is 0 Å². The number of carbonyl (C=O) groups is 1. The quantitative estimate of drug-likeness (QED) is 0.606. The van der Waals surface area contributed by atoms with Crippen LogP contribution < -0.4 is 4.74 Å². The fourth-order valence-electron chi connectivity index (χ4n) is 1.32. The molecule has 0 radical (unpaired) electrons. The second-order valence-electron chi connectivity index (χ2n) is 3.32. The minimum absolute atomic E-state index is 0.0730. The molecule has 0 unspecified atom stereocenters. The van der Waals surface area contributed by atoms with Crippen LogP contribution in [0.15, 0.2) is 16.6 Å². The van der Waals surface area contributed by atoms with Crippen molar-refractivity contribution in [3.8, 4) is 5.75 Å². The minimum Gasteiger partial charge on any atom is -0.469 e. The van der Waals surface area contributed by atoms with E-state index in [0.29, 0.717) is 15.6 Å². The first-order valence-corrected chi connectivity index (χ1v) is 6.19. The zero-order valence-corrected chi connectivity index (χ0v) is 11.7. The van der Waals surface area contributed by atoms with Gasteiger partial charge in [-0.15, -0.1) is 11.6 Å². The zero-order chi connectivity index (χ0) is 13.7. The Hall–Kier alpha value is -0.880. The van der Waals surface area contributed by atoms with Gasteiger partial charge in [0, 0.05) is 15.9 Å². The minimum atomic E-state index is -2.96. The van der Waals surface area contributed by atoms with Gasteiger partial charge >= 0.3 is 12.6 Å². The van der Waals surface area contributed by atoms with Crippen LogP contribution >= 0.6 is 27.5 Å². The van der Waals surface area contributed by atoms with Crippen LogP contribution in [0, 0.1) is 0 Å². The van der Waals surface area contributed by atoms with Crippen LogP contribution in [0.2, 0.25) is 0 Å². The lowest BCUT2D eigenvalue weighted by Crippen LogP contribution is -2.10. The molecule has 1 aromatic rings. The average molecular weight is 344 g/mol. The maximum atomic E-state index is 12.3. The van der Waals surface area contributed by atoms with Gasteiger partial charge in [-0.3, -0.25) is 4.79 Å². The number of hydrogen-bond donors (Lipinski definition) is 0. The highest BCUT2D eigenvalue weighted by molar-refractivity contribution is 9.10. The molecule has 0 spiro atoms. The van der Waals surface area contributed by atoms with E-state index in [1.807, 2.05) is 0 Å². The Balaban J connectivity index is 3.12. The van der Waals surface area contributed by atoms with Crippen LogP contribution in [0.3, 0.4) is 0 Å². The normalized spacial score (nSPS) is 10.6. The third-order valence-corrected chi connectivity index (χ3v) is 3.18. The second-order valence-corrected chi connectivity index (χ2v) is 4.44. The van der Waals surface area contributed by atoms with E-state index in [1.165, 1.54) is 19.2 Å². The molecule has 0 fully saturated rings. The molecule has 7 heteroatoms. The van der Waals surface area contributed by atoms with Crippen molar-refractivity contribution in [1.82, 2.24) is 0 Å². The number of carbonyl (C=O) groups excluding carboxylic acids is 1. The highest BCUT2D eigenvalue weighted by atomic mass is 79.9. The van der Waals surface area contributed by atoms with Gasteiger partial charge < -0.3 is 9.47 Å². The van der Waals surface area contributed by atoms with Crippen molar-refractivity contribution >= 4 is 33.5 Å². The molecule has 0 amide bonds. The van der Waals surface area contributed by atoms with E-state index in [0.717, 1.165) is 0 Å². The molecular weight excluding hydrogens is 333 g/mol. The van der Waals surface area contributed by atoms with Crippen LogP contribution in [-0.4, -0.2) is 19.7 Å². The fraction of sp³-hybridized carbons (Fsp3) is 0.364. The fourth-order valence-corrected chi connectivity index (χ4v) is 2.17. The summed E-state index contributed by atoms with van der Waals surface area (Å²) in [5.74, 6) is -0.433. The number of methoxy groups -OCH3 is 1. The summed E-state index contributed by atoms with van der Waals surface area (Å²) in [5, 5.41) is 0. The van der Waals surface area contributed by atoms with Gasteiger partial charge in [-0.1, -0.05) is 15.9 Å². The van der Waals surface area contributed by atoms with Crippen LogP contribution in [0.25, 0.3) is 0 Å². The third kappa shape index (κ3) is 4.10. The van der Waals surface area contributed by atoms with E-state index in [-0.39, 0.29) is 18.1 Å². The summed E-state index contributed by atoms with van der Waals surface area (Å²) in [6.45, 7) is -2.96. The Bertz CT molecular complexity index is 441. The van der Waals surface area contributed by atoms with Crippen molar-refractivity contribution in [2.75, 3.05) is 7.11 Å². The summed E-state index contributed by atoms with van der Waals surface area (Å²) < 4.78 is 33.9. The van der Waals surface area contributed by atoms with Gasteiger partial charge in [0.2, 0.25) is 0 Å². The summed E-state index contributed by atoms with van der Waals surface area (Å²) in [6, 6.07) is 2.90. The predicted molar refractivity (Wildman–Crippen MR) is 66.1 cm³/mol. The topological polar surface area (TPSA) is 35.5 Å². The summed E-state index contributed by atoms with van der Waals surface area (Å²) in [7, 11) is 1.22. The van der Waals surface area contributed by atoms with Gasteiger partial charge in [-0.05, 0) is 17.7 Å². The van der Waals surface area contributed by atoms with E-state index in [2.05, 4.69) is 25.4 Å². The molecule has 18 heavy (non-hydrogen) atoms. The molecule has 0 aromatic heterocycles. The number of alkyl halides is 3. The number of halogens is 4. The Labute approximate surface area is 116 Å². The van der Waals surface area contributed by atoms with Crippen molar-refractivity contribution in [2.45, 2.75) is 18.9 Å². The molecule has 0 heterocycles. The van der Waals surface area contributed by atoms with Gasteiger partial charge in [0.25, 0.3) is 0 Å². The molecule has 0 saturated heterocycles. The molecule has 0 saturated carbocycles. The lowest BCUT2D eigenvalue weighted by Gasteiger charge is -2.12. The SMILES string of the molecule is COC(=O)Cc1cc(CCl)c(Br)cc1OC(F)F. The summed E-state index contributed by atoms with van der Waals surface area (Å²) in [5.41, 5.74) is 0.984. The molecule has 0 N–H and O–H groups in total. The van der Waals surface area contributed by atoms with Crippen LogP contribution in [0.1, 0.15) is 11.1 Å². The highest BCUT2D eigenvalue weighted by Crippen LogP contribution is 2.30. The molecule has 1 aromatic carbocycles. The van der Waals surface area contributed by atoms with Gasteiger partial charge in [-0.2, -0.15) is 8.78 Å². The Morgan fingerprint density at radius 3 is 2.61 bits per heavy atom. The largest absolute Gasteiger partial charge is 0.469 e. The van der Waals surface area contributed by atoms with Gasteiger partial charge in [0.1, 0.15) is 5.75 Å². The molecule has 1 rings (SSSR count). The first-order chi connectivity index (χ1) is 8.47. The van der Waals surface area contributed by atoms with E-state index < -0.39 is 12.6 Å². The van der Waals surface area contributed by atoms with Crippen LogP contribution in [0.4, 0.5) is 8.78 Å². The zero-order valence-electron chi connectivity index (χ0n) is 9.38. The monoisotopic (exact) mass is 342 g/mol. The number of esters is 1. The summed E-state index contributed by atoms with van der Waals surface area (Å²) in [4.78, 5) is 11.2. The Morgan fingerprint density at radius 1 is 1.44 bits per heavy atom. The Morgan fingerprint density at radius 2 is 2.11 bits per heavy atom. The maximum Gasteiger partial charge on any atom is 0.387 e. The molecule has 0 atom stereocenters. The van der Waals surface area contributed by atoms with Gasteiger partial charge in [0.15, 0.2) is 0 Å². The summed E-state index contributed by atoms with van der Waals surface area (Å²) >= 11 is 8.89. The van der Waals surface area contributed by atoms with Gasteiger partial charge in [0.05, 0.1) is 13.5 Å². The molecule has 0 aliphatic rings. The number of ether oxygens (including phenoxy) is 2. The van der Waals surface area contributed by atoms with E-state index in [9.17, 15) is 13.6 Å². The number of hydrogen-bond acceptors (Lipinski definition) is 3. The van der Waals surface area contributed by atoms with Crippen molar-refractivity contribution in [1.29, 1.82) is 0 Å². The molecule has 0 bridgehead atoms. The lowest BCUT2D eigenvalue weighted by atomic mass is 10.1. The van der Waals surface area contributed by atoms with Crippen molar-refractivity contribution in [3.63, 3.8) is 0 Å². The van der Waals surface area contributed by atoms with Crippen LogP contribution in [-0.2, 0) is 21.8 Å². The number of benzene rings is 1. The average Bonchev–Trinajstić information content (AvgIpc) is 2.31. The van der Waals surface area contributed by atoms with Crippen LogP contribution in [0.5, 0.6) is 5.75 Å². The molecular formula is C11H10BrClF2O3. The standard InChI is InChI=1S/C11H10BrClF2O3/c1-17-10(16)3-6-2-7(5-13)8(12)4-9(6)18-11(14)15/h2,4,11H,3,5H2,1H3. The van der Waals surface area contributed by atoms with E-state index in [1.54, 1.807) is 0 Å². The highest BCUT2D eigenvalue weighted by Gasteiger charge is 2.16. The number of rotatable bonds is 5. The third-order valence-electron chi connectivity index (χ3n) is 2.15. The smallest absolute Gasteiger partial charge is 0.387 e. The predicted octanol–water partition coefficient (Wildman–Crippen LogP) is 3.50. The first-order valence-electron chi connectivity index (χ1n) is 4.86. The molecule has 0 aliphatic carbocycles. The lowest BCUT2D eigenvalue weighted by molar-refractivity contribution is -0.139. The molecule has 0 aliphatic heterocycles. The molecule has 3 nitrogen and oxygen atoms in total. The second kappa shape index (κ2) is 6.89. The van der Waals surface area contributed by atoms with Crippen molar-refractivity contribution in [2.24, 2.45) is 0 Å². The van der Waals surface area contributed by atoms with Crippen molar-refractivity contribution < 1.29 is 23.0 Å². The Kier molecular flexibility index (Phi) is 5.81. The molecule has 100 valence electrons. The van der Waals surface area contributed by atoms with E-state index in [4.69, 9.17) is 11.6 Å². The first kappa shape index (κ1) is 15.2. The van der Waals surface area contributed by atoms with Gasteiger partial charge in [-0.25, -0.2) is 0 Å². The summed E-state index contributed by atoms with van der Waals surface area (Å²) in [6.07, 6.45) is -0.157. The maximum absolute atomic E-state index is 12.3. The van der Waals surface area contributed by atoms with Crippen molar-refractivity contribution in [3.05, 3.63) is 27.7 Å².